The van der Waals surface area contributed by atoms with Crippen molar-refractivity contribution in [1.29, 1.82) is 0 Å². The molecule has 0 spiro atoms. The molecule has 2 heterocycles. The van der Waals surface area contributed by atoms with Crippen molar-refractivity contribution in [3.05, 3.63) is 33.8 Å². The van der Waals surface area contributed by atoms with Gasteiger partial charge in [-0.3, -0.25) is 14.6 Å². The third kappa shape index (κ3) is 3.81. The van der Waals surface area contributed by atoms with Crippen LogP contribution >= 0.6 is 23.2 Å². The fourth-order valence-corrected chi connectivity index (χ4v) is 5.32. The fourth-order valence-electron chi connectivity index (χ4n) is 5.02. The van der Waals surface area contributed by atoms with Gasteiger partial charge in [0.05, 0.1) is 16.6 Å². The SMILES string of the molecule is O=C(CN1CCNC2CCCC(N3CCCC3)C21)c1ccc(Cl)c(Cl)c1. The van der Waals surface area contributed by atoms with Crippen LogP contribution in [0.3, 0.4) is 0 Å². The number of nitrogens with zero attached hydrogens (tertiary/aromatic N) is 2. The molecule has 142 valence electrons. The molecule has 1 saturated carbocycles. The molecule has 4 nitrogen and oxygen atoms in total. The first-order chi connectivity index (χ1) is 12.6. The molecule has 1 aromatic carbocycles. The predicted octanol–water partition coefficient (Wildman–Crippen LogP) is 3.47. The molecule has 26 heavy (non-hydrogen) atoms. The van der Waals surface area contributed by atoms with Crippen LogP contribution in [0.1, 0.15) is 42.5 Å². The highest BCUT2D eigenvalue weighted by Crippen LogP contribution is 2.32. The summed E-state index contributed by atoms with van der Waals surface area (Å²) in [5.41, 5.74) is 0.656. The van der Waals surface area contributed by atoms with Crippen molar-refractivity contribution in [3.8, 4) is 0 Å². The van der Waals surface area contributed by atoms with E-state index in [9.17, 15) is 4.79 Å². The molecule has 1 aromatic rings. The van der Waals surface area contributed by atoms with Crippen molar-refractivity contribution < 1.29 is 4.79 Å². The smallest absolute Gasteiger partial charge is 0.176 e. The largest absolute Gasteiger partial charge is 0.311 e. The second kappa shape index (κ2) is 8.15. The quantitative estimate of drug-likeness (QED) is 0.791. The number of halogens is 2. The lowest BCUT2D eigenvalue weighted by molar-refractivity contribution is 0.0175. The Labute approximate surface area is 165 Å². The third-order valence-corrected chi connectivity index (χ3v) is 6.99. The van der Waals surface area contributed by atoms with Crippen LogP contribution in [0.15, 0.2) is 18.2 Å². The van der Waals surface area contributed by atoms with E-state index in [1.807, 2.05) is 0 Å². The van der Waals surface area contributed by atoms with Gasteiger partial charge in [-0.15, -0.1) is 0 Å². The van der Waals surface area contributed by atoms with Gasteiger partial charge in [0.15, 0.2) is 5.78 Å². The van der Waals surface area contributed by atoms with Gasteiger partial charge >= 0.3 is 0 Å². The number of rotatable bonds is 4. The lowest BCUT2D eigenvalue weighted by Crippen LogP contribution is -2.67. The van der Waals surface area contributed by atoms with Gasteiger partial charge in [-0.05, 0) is 57.0 Å². The standard InChI is InChI=1S/C20H27Cl2N3O/c21-15-7-6-14(12-16(15)22)19(26)13-25-11-8-23-17-4-3-5-18(20(17)25)24-9-1-2-10-24/h6-7,12,17-18,20,23H,1-5,8-11,13H2. The summed E-state index contributed by atoms with van der Waals surface area (Å²) < 4.78 is 0. The van der Waals surface area contributed by atoms with Crippen LogP contribution in [0.4, 0.5) is 0 Å². The summed E-state index contributed by atoms with van der Waals surface area (Å²) in [6.07, 6.45) is 6.36. The molecule has 0 amide bonds. The molecule has 0 radical (unpaired) electrons. The van der Waals surface area contributed by atoms with Crippen molar-refractivity contribution in [2.45, 2.75) is 50.2 Å². The number of likely N-dealkylation sites (tertiary alicyclic amines) is 1. The number of Topliss-reactive ketones (excluding diaryl/α,β-unsaturated/α-hetero) is 1. The van der Waals surface area contributed by atoms with E-state index in [1.54, 1.807) is 18.2 Å². The second-order valence-electron chi connectivity index (χ2n) is 7.82. The van der Waals surface area contributed by atoms with E-state index in [0.717, 1.165) is 13.1 Å². The number of hydrogen-bond donors (Lipinski definition) is 1. The number of carbonyl (C=O) groups is 1. The van der Waals surface area contributed by atoms with Gasteiger partial charge in [0, 0.05) is 36.8 Å². The van der Waals surface area contributed by atoms with Crippen molar-refractivity contribution in [2.75, 3.05) is 32.7 Å². The molecule has 4 rings (SSSR count). The maximum absolute atomic E-state index is 12.9. The predicted molar refractivity (Wildman–Crippen MR) is 106 cm³/mol. The van der Waals surface area contributed by atoms with Crippen LogP contribution < -0.4 is 5.32 Å². The number of ketones is 1. The van der Waals surface area contributed by atoms with Gasteiger partial charge in [-0.25, -0.2) is 0 Å². The maximum Gasteiger partial charge on any atom is 0.176 e. The molecule has 2 saturated heterocycles. The fraction of sp³-hybridized carbons (Fsp3) is 0.650. The highest BCUT2D eigenvalue weighted by atomic mass is 35.5. The van der Waals surface area contributed by atoms with E-state index in [4.69, 9.17) is 23.2 Å². The molecule has 2 aliphatic heterocycles. The Morgan fingerprint density at radius 1 is 1.08 bits per heavy atom. The third-order valence-electron chi connectivity index (χ3n) is 6.25. The van der Waals surface area contributed by atoms with E-state index in [2.05, 4.69) is 15.1 Å². The highest BCUT2D eigenvalue weighted by molar-refractivity contribution is 6.42. The highest BCUT2D eigenvalue weighted by Gasteiger charge is 2.42. The topological polar surface area (TPSA) is 35.6 Å². The van der Waals surface area contributed by atoms with Crippen LogP contribution in [0.25, 0.3) is 0 Å². The van der Waals surface area contributed by atoms with Crippen molar-refractivity contribution >= 4 is 29.0 Å². The van der Waals surface area contributed by atoms with Gasteiger partial charge in [0.1, 0.15) is 0 Å². The molecule has 1 aliphatic carbocycles. The number of hydrogen-bond acceptors (Lipinski definition) is 4. The molecule has 3 atom stereocenters. The van der Waals surface area contributed by atoms with E-state index in [1.165, 1.54) is 45.2 Å². The Balaban J connectivity index is 1.51. The lowest BCUT2D eigenvalue weighted by atomic mass is 9.82. The number of nitrogens with one attached hydrogen (secondary N) is 1. The Morgan fingerprint density at radius 2 is 1.88 bits per heavy atom. The number of fused-ring (bicyclic) bond motifs is 1. The van der Waals surface area contributed by atoms with Gasteiger partial charge in [0.25, 0.3) is 0 Å². The van der Waals surface area contributed by atoms with Crippen molar-refractivity contribution in [3.63, 3.8) is 0 Å². The monoisotopic (exact) mass is 395 g/mol. The molecule has 1 N–H and O–H groups in total. The second-order valence-corrected chi connectivity index (χ2v) is 8.63. The minimum Gasteiger partial charge on any atom is -0.311 e. The summed E-state index contributed by atoms with van der Waals surface area (Å²) in [5, 5.41) is 4.66. The average Bonchev–Trinajstić information content (AvgIpc) is 3.18. The Hall–Kier alpha value is -0.650. The minimum atomic E-state index is 0.134. The van der Waals surface area contributed by atoms with Crippen molar-refractivity contribution in [2.24, 2.45) is 0 Å². The number of benzene rings is 1. The van der Waals surface area contributed by atoms with Crippen LogP contribution in [0.5, 0.6) is 0 Å². The summed E-state index contributed by atoms with van der Waals surface area (Å²) in [6.45, 7) is 4.77. The van der Waals surface area contributed by atoms with Gasteiger partial charge < -0.3 is 5.32 Å². The zero-order chi connectivity index (χ0) is 18.1. The molecular weight excluding hydrogens is 369 g/mol. The summed E-state index contributed by atoms with van der Waals surface area (Å²) in [4.78, 5) is 18.0. The summed E-state index contributed by atoms with van der Waals surface area (Å²) in [5.74, 6) is 0.134. The van der Waals surface area contributed by atoms with Gasteiger partial charge in [-0.2, -0.15) is 0 Å². The molecule has 3 aliphatic rings. The van der Waals surface area contributed by atoms with E-state index >= 15 is 0 Å². The first-order valence-corrected chi connectivity index (χ1v) is 10.6. The molecule has 0 aromatic heterocycles. The maximum atomic E-state index is 12.9. The van der Waals surface area contributed by atoms with E-state index < -0.39 is 0 Å². The average molecular weight is 396 g/mol. The molecular formula is C20H27Cl2N3O. The lowest BCUT2D eigenvalue weighted by Gasteiger charge is -2.51. The van der Waals surface area contributed by atoms with Crippen LogP contribution in [0.2, 0.25) is 10.0 Å². The number of piperazine rings is 1. The minimum absolute atomic E-state index is 0.134. The molecule has 3 unspecified atom stereocenters. The van der Waals surface area contributed by atoms with Gasteiger partial charge in [0.2, 0.25) is 0 Å². The van der Waals surface area contributed by atoms with Gasteiger partial charge in [-0.1, -0.05) is 29.6 Å². The van der Waals surface area contributed by atoms with Crippen molar-refractivity contribution in [1.82, 2.24) is 15.1 Å². The summed E-state index contributed by atoms with van der Waals surface area (Å²) in [7, 11) is 0. The first-order valence-electron chi connectivity index (χ1n) is 9.83. The normalized spacial score (nSPS) is 30.3. The van der Waals surface area contributed by atoms with E-state index in [-0.39, 0.29) is 5.78 Å². The Bertz CT molecular complexity index is 660. The van der Waals surface area contributed by atoms with E-state index in [0.29, 0.717) is 40.3 Å². The summed E-state index contributed by atoms with van der Waals surface area (Å²) >= 11 is 12.1. The van der Waals surface area contributed by atoms with Crippen LogP contribution in [-0.2, 0) is 0 Å². The molecule has 6 heteroatoms. The van der Waals surface area contributed by atoms with Crippen LogP contribution in [-0.4, -0.2) is 66.4 Å². The Kier molecular flexibility index (Phi) is 5.87. The summed E-state index contributed by atoms with van der Waals surface area (Å²) in [6, 6.07) is 6.71. The first kappa shape index (κ1) is 18.7. The zero-order valence-electron chi connectivity index (χ0n) is 15.1. The molecule has 3 fully saturated rings. The Morgan fingerprint density at radius 3 is 2.65 bits per heavy atom. The number of carbonyl (C=O) groups excluding carboxylic acids is 1. The molecule has 0 bridgehead atoms. The zero-order valence-corrected chi connectivity index (χ0v) is 16.6. The van der Waals surface area contributed by atoms with Crippen LogP contribution in [0, 0.1) is 0 Å².